The summed E-state index contributed by atoms with van der Waals surface area (Å²) in [5, 5.41) is 0. The van der Waals surface area contributed by atoms with E-state index in [1.807, 2.05) is 0 Å². The Labute approximate surface area is 130 Å². The normalized spacial score (nSPS) is 18.1. The first-order valence-corrected chi connectivity index (χ1v) is 6.98. The Kier molecular flexibility index (Phi) is 8.53. The van der Waals surface area contributed by atoms with Gasteiger partial charge in [0.2, 0.25) is 0 Å². The Balaban J connectivity index is 6.10. The van der Waals surface area contributed by atoms with Crippen molar-refractivity contribution in [2.75, 3.05) is 19.6 Å². The smallest absolute Gasteiger partial charge is 0.163 e. The molecule has 0 saturated carbocycles. The summed E-state index contributed by atoms with van der Waals surface area (Å²) in [4.78, 5) is 36.0. The van der Waals surface area contributed by atoms with Crippen LogP contribution in [0.1, 0.15) is 12.8 Å². The SMILES string of the molecule is [CH2]CCC(C(N)C(=O)CN)(C(N)C(=O)CN)C(N)C(=O)CN. The Morgan fingerprint density at radius 1 is 0.773 bits per heavy atom. The van der Waals surface area contributed by atoms with Gasteiger partial charge in [0.1, 0.15) is 0 Å². The third-order valence-corrected chi connectivity index (χ3v) is 3.99. The number of ketones is 3. The number of nitrogens with two attached hydrogens (primary N) is 6. The number of rotatable bonds is 11. The van der Waals surface area contributed by atoms with Crippen molar-refractivity contribution in [1.29, 1.82) is 0 Å². The second kappa shape index (κ2) is 9.03. The summed E-state index contributed by atoms with van der Waals surface area (Å²) in [5.41, 5.74) is 32.4. The van der Waals surface area contributed by atoms with E-state index in [1.165, 1.54) is 0 Å². The maximum absolute atomic E-state index is 12.0. The summed E-state index contributed by atoms with van der Waals surface area (Å²) in [7, 11) is 0. The standard InChI is InChI=1S/C13H27N6O3/c1-2-3-13(10(17)7(20)4-14,11(18)8(21)5-15)12(19)9(22)6-16/h10-12H,1-6,14-19H2. The lowest BCUT2D eigenvalue weighted by Gasteiger charge is -2.45. The van der Waals surface area contributed by atoms with Crippen molar-refractivity contribution in [1.82, 2.24) is 0 Å². The third kappa shape index (κ3) is 3.94. The van der Waals surface area contributed by atoms with Crippen LogP contribution in [0.3, 0.4) is 0 Å². The average Bonchev–Trinajstić information content (AvgIpc) is 2.55. The van der Waals surface area contributed by atoms with E-state index in [0.717, 1.165) is 0 Å². The van der Waals surface area contributed by atoms with Crippen LogP contribution < -0.4 is 34.4 Å². The number of carbonyl (C=O) groups excluding carboxylic acids is 3. The molecule has 0 aromatic rings. The highest BCUT2D eigenvalue weighted by atomic mass is 16.1. The minimum atomic E-state index is -1.52. The van der Waals surface area contributed by atoms with E-state index < -0.39 is 40.9 Å². The van der Waals surface area contributed by atoms with Crippen molar-refractivity contribution < 1.29 is 14.4 Å². The molecule has 0 aliphatic rings. The molecule has 127 valence electrons. The fraction of sp³-hybridized carbons (Fsp3) is 0.692. The maximum atomic E-state index is 12.0. The van der Waals surface area contributed by atoms with E-state index in [0.29, 0.717) is 0 Å². The molecule has 0 rings (SSSR count). The molecule has 1 radical (unpaired) electrons. The lowest BCUT2D eigenvalue weighted by molar-refractivity contribution is -0.131. The highest BCUT2D eigenvalue weighted by Crippen LogP contribution is 2.35. The number of hydrogen-bond donors (Lipinski definition) is 6. The van der Waals surface area contributed by atoms with Crippen molar-refractivity contribution in [2.45, 2.75) is 31.0 Å². The summed E-state index contributed by atoms with van der Waals surface area (Å²) in [5.74, 6) is -1.68. The predicted molar refractivity (Wildman–Crippen MR) is 83.1 cm³/mol. The first-order chi connectivity index (χ1) is 10.2. The number of carbonyl (C=O) groups is 3. The highest BCUT2D eigenvalue weighted by Gasteiger charge is 2.52. The molecule has 12 N–H and O–H groups in total. The highest BCUT2D eigenvalue weighted by molar-refractivity contribution is 5.95. The molecule has 0 fully saturated rings. The molecule has 9 nitrogen and oxygen atoms in total. The van der Waals surface area contributed by atoms with Crippen LogP contribution in [0.4, 0.5) is 0 Å². The quantitative estimate of drug-likeness (QED) is 0.220. The first kappa shape index (κ1) is 20.8. The molecule has 3 unspecified atom stereocenters. The van der Waals surface area contributed by atoms with Crippen molar-refractivity contribution in [3.8, 4) is 0 Å². The predicted octanol–water partition coefficient (Wildman–Crippen LogP) is -3.85. The molecule has 0 bridgehead atoms. The lowest BCUT2D eigenvalue weighted by atomic mass is 9.63. The van der Waals surface area contributed by atoms with Crippen molar-refractivity contribution >= 4 is 17.3 Å². The van der Waals surface area contributed by atoms with Gasteiger partial charge in [0.15, 0.2) is 17.3 Å². The molecule has 0 spiro atoms. The van der Waals surface area contributed by atoms with Crippen LogP contribution >= 0.6 is 0 Å². The second-order valence-corrected chi connectivity index (χ2v) is 5.16. The Hall–Kier alpha value is -1.23. The van der Waals surface area contributed by atoms with E-state index >= 15 is 0 Å². The van der Waals surface area contributed by atoms with E-state index in [4.69, 9.17) is 34.4 Å². The molecule has 0 aromatic heterocycles. The number of Topliss-reactive ketones (excluding diaryl/α,β-unsaturated/α-hetero) is 3. The van der Waals surface area contributed by atoms with Gasteiger partial charge in [-0.05, 0) is 6.42 Å². The van der Waals surface area contributed by atoms with E-state index in [-0.39, 0.29) is 32.5 Å². The lowest BCUT2D eigenvalue weighted by Crippen LogP contribution is -2.70. The van der Waals surface area contributed by atoms with E-state index in [2.05, 4.69) is 6.92 Å². The molecule has 3 atom stereocenters. The molecule has 9 heteroatoms. The van der Waals surface area contributed by atoms with Crippen LogP contribution in [0.2, 0.25) is 0 Å². The fourth-order valence-electron chi connectivity index (χ4n) is 2.63. The van der Waals surface area contributed by atoms with Gasteiger partial charge in [-0.3, -0.25) is 14.4 Å². The molecule has 22 heavy (non-hydrogen) atoms. The molecule has 0 aromatic carbocycles. The fourth-order valence-corrected chi connectivity index (χ4v) is 2.63. The van der Waals surface area contributed by atoms with Crippen LogP contribution in [-0.2, 0) is 14.4 Å². The summed E-state index contributed by atoms with van der Waals surface area (Å²) < 4.78 is 0. The summed E-state index contributed by atoms with van der Waals surface area (Å²) in [6.45, 7) is 2.58. The third-order valence-electron chi connectivity index (χ3n) is 3.99. The van der Waals surface area contributed by atoms with Gasteiger partial charge in [0.25, 0.3) is 0 Å². The largest absolute Gasteiger partial charge is 0.324 e. The summed E-state index contributed by atoms with van der Waals surface area (Å²) >= 11 is 0. The van der Waals surface area contributed by atoms with Crippen LogP contribution in [0.15, 0.2) is 0 Å². The minimum absolute atomic E-state index is 0.0831. The topological polar surface area (TPSA) is 207 Å². The zero-order valence-electron chi connectivity index (χ0n) is 12.7. The van der Waals surface area contributed by atoms with Gasteiger partial charge < -0.3 is 34.4 Å². The van der Waals surface area contributed by atoms with Crippen LogP contribution in [-0.4, -0.2) is 55.1 Å². The minimum Gasteiger partial charge on any atom is -0.324 e. The summed E-state index contributed by atoms with van der Waals surface area (Å²) in [6.07, 6.45) is 0.336. The Bertz CT molecular complexity index is 360. The monoisotopic (exact) mass is 315 g/mol. The molecule has 0 amide bonds. The van der Waals surface area contributed by atoms with Gasteiger partial charge in [0.05, 0.1) is 37.8 Å². The summed E-state index contributed by atoms with van der Waals surface area (Å²) in [6, 6.07) is -3.89. The first-order valence-electron chi connectivity index (χ1n) is 6.98. The maximum Gasteiger partial charge on any atom is 0.163 e. The van der Waals surface area contributed by atoms with Gasteiger partial charge in [-0.25, -0.2) is 0 Å². The Morgan fingerprint density at radius 2 is 1.05 bits per heavy atom. The zero-order valence-corrected chi connectivity index (χ0v) is 12.7. The zero-order chi connectivity index (χ0) is 17.5. The second-order valence-electron chi connectivity index (χ2n) is 5.16. The van der Waals surface area contributed by atoms with Gasteiger partial charge in [-0.2, -0.15) is 0 Å². The Morgan fingerprint density at radius 3 is 1.23 bits per heavy atom. The molecule has 0 saturated heterocycles. The van der Waals surface area contributed by atoms with Crippen molar-refractivity contribution in [3.05, 3.63) is 6.92 Å². The van der Waals surface area contributed by atoms with Gasteiger partial charge in [0, 0.05) is 5.41 Å². The molecular formula is C13H27N6O3. The van der Waals surface area contributed by atoms with E-state index in [9.17, 15) is 14.4 Å². The van der Waals surface area contributed by atoms with Crippen LogP contribution in [0, 0.1) is 12.3 Å². The number of hydrogen-bond acceptors (Lipinski definition) is 9. The molecule has 0 aliphatic heterocycles. The molecular weight excluding hydrogens is 288 g/mol. The molecule has 0 aliphatic carbocycles. The van der Waals surface area contributed by atoms with Crippen molar-refractivity contribution in [2.24, 2.45) is 39.8 Å². The van der Waals surface area contributed by atoms with Gasteiger partial charge in [-0.15, -0.1) is 0 Å². The van der Waals surface area contributed by atoms with Crippen molar-refractivity contribution in [3.63, 3.8) is 0 Å². The average molecular weight is 315 g/mol. The van der Waals surface area contributed by atoms with Crippen LogP contribution in [0.25, 0.3) is 0 Å². The van der Waals surface area contributed by atoms with Gasteiger partial charge in [-0.1, -0.05) is 13.3 Å². The van der Waals surface area contributed by atoms with E-state index in [1.54, 1.807) is 0 Å². The van der Waals surface area contributed by atoms with Crippen LogP contribution in [0.5, 0.6) is 0 Å². The molecule has 0 heterocycles. The van der Waals surface area contributed by atoms with Gasteiger partial charge >= 0.3 is 0 Å².